The molecule has 4 unspecified atom stereocenters. The van der Waals surface area contributed by atoms with E-state index in [1.54, 1.807) is 0 Å². The van der Waals surface area contributed by atoms with Crippen molar-refractivity contribution >= 4 is 43.4 Å². The summed E-state index contributed by atoms with van der Waals surface area (Å²) in [5.41, 5.74) is 3.15. The molecule has 33 heavy (non-hydrogen) atoms. The fourth-order valence-corrected chi connectivity index (χ4v) is 5.77. The number of rotatable bonds is 8. The zero-order valence-corrected chi connectivity index (χ0v) is 22.7. The van der Waals surface area contributed by atoms with Crippen molar-refractivity contribution in [1.29, 1.82) is 5.26 Å². The average Bonchev–Trinajstić information content (AvgIpc) is 2.75. The number of nitriles is 1. The Hall–Kier alpha value is -1.91. The molecule has 0 fully saturated rings. The van der Waals surface area contributed by atoms with Crippen LogP contribution in [0.2, 0.25) is 0 Å². The van der Waals surface area contributed by atoms with Crippen molar-refractivity contribution < 1.29 is 14.3 Å². The van der Waals surface area contributed by atoms with Crippen molar-refractivity contribution in [3.63, 3.8) is 0 Å². The van der Waals surface area contributed by atoms with E-state index in [4.69, 9.17) is 14.5 Å². The highest BCUT2D eigenvalue weighted by molar-refractivity contribution is 9.10. The fraction of sp³-hybridized carbons (Fsp3) is 0.500. The lowest BCUT2D eigenvalue weighted by molar-refractivity contribution is -0.117. The summed E-state index contributed by atoms with van der Waals surface area (Å²) in [5, 5.41) is 9.72. The third-order valence-electron chi connectivity index (χ3n) is 6.07. The minimum atomic E-state index is -0.504. The second-order valence-electron chi connectivity index (χ2n) is 8.44. The predicted octanol–water partition coefficient (Wildman–Crippen LogP) is 7.25. The molecule has 0 radical (unpaired) electrons. The van der Waals surface area contributed by atoms with Crippen molar-refractivity contribution in [2.45, 2.75) is 64.3 Å². The Labute approximate surface area is 213 Å². The van der Waals surface area contributed by atoms with Gasteiger partial charge in [0.25, 0.3) is 0 Å². The van der Waals surface area contributed by atoms with Gasteiger partial charge in [-0.2, -0.15) is 5.26 Å². The van der Waals surface area contributed by atoms with Gasteiger partial charge in [-0.25, -0.2) is 0 Å². The van der Waals surface area contributed by atoms with Crippen LogP contribution >= 0.6 is 31.9 Å². The molecule has 5 nitrogen and oxygen atoms in total. The van der Waals surface area contributed by atoms with Gasteiger partial charge in [0.05, 0.1) is 23.1 Å². The van der Waals surface area contributed by atoms with E-state index in [0.29, 0.717) is 40.5 Å². The maximum atomic E-state index is 13.3. The fourth-order valence-electron chi connectivity index (χ4n) is 4.73. The first-order valence-corrected chi connectivity index (χ1v) is 13.2. The number of ketones is 1. The Kier molecular flexibility index (Phi) is 8.95. The van der Waals surface area contributed by atoms with Gasteiger partial charge < -0.3 is 9.47 Å². The largest absolute Gasteiger partial charge is 0.490 e. The van der Waals surface area contributed by atoms with E-state index < -0.39 is 5.92 Å². The summed E-state index contributed by atoms with van der Waals surface area (Å²) in [6, 6.07) is 6.25. The molecule has 0 bridgehead atoms. The molecule has 176 valence electrons. The summed E-state index contributed by atoms with van der Waals surface area (Å²) in [4.78, 5) is 18.1. The van der Waals surface area contributed by atoms with E-state index in [-0.39, 0.29) is 16.7 Å². The molecule has 1 aromatic carbocycles. The highest BCUT2D eigenvalue weighted by Crippen LogP contribution is 2.48. The molecule has 3 rings (SSSR count). The Balaban J connectivity index is 2.11. The molecule has 4 atom stereocenters. The number of nitrogens with zero attached hydrogens (tertiary/aromatic N) is 2. The molecule has 1 aromatic rings. The molecule has 1 aliphatic heterocycles. The van der Waals surface area contributed by atoms with Crippen LogP contribution in [0.25, 0.3) is 0 Å². The van der Waals surface area contributed by atoms with Crippen LogP contribution in [-0.4, -0.2) is 23.1 Å². The number of allylic oxidation sites excluding steroid dienone is 3. The van der Waals surface area contributed by atoms with Crippen LogP contribution in [0.4, 0.5) is 0 Å². The van der Waals surface area contributed by atoms with Crippen LogP contribution in [0.3, 0.4) is 0 Å². The van der Waals surface area contributed by atoms with Gasteiger partial charge in [0, 0.05) is 29.3 Å². The molecule has 1 heterocycles. The lowest BCUT2D eigenvalue weighted by Gasteiger charge is -2.35. The van der Waals surface area contributed by atoms with E-state index in [2.05, 4.69) is 44.9 Å². The number of ether oxygens (including phenoxy) is 2. The first-order chi connectivity index (χ1) is 15.8. The number of carbonyl (C=O) groups excluding carboxylic acids is 1. The van der Waals surface area contributed by atoms with Crippen LogP contribution in [-0.2, 0) is 4.79 Å². The van der Waals surface area contributed by atoms with Gasteiger partial charge in [-0.15, -0.1) is 0 Å². The Morgan fingerprint density at radius 3 is 2.73 bits per heavy atom. The lowest BCUT2D eigenvalue weighted by Crippen LogP contribution is -2.32. The van der Waals surface area contributed by atoms with Crippen LogP contribution in [0.5, 0.6) is 11.5 Å². The van der Waals surface area contributed by atoms with Gasteiger partial charge in [0.15, 0.2) is 22.3 Å². The summed E-state index contributed by atoms with van der Waals surface area (Å²) in [6.07, 6.45) is 7.14. The first-order valence-electron chi connectivity index (χ1n) is 11.4. The standard InChI is InChI=1S/C26H30Br2N2O3/c1-5-8-16-10-20-25(21(31)11-16)24(18(14-29)15(4)30-20)17-12-19(27)26(22(13-17)32-7-3)33-23(28)9-6-2/h6,9,12-13,16,18,23-24H,5,7-8,10-11H2,1-4H3. The Morgan fingerprint density at radius 2 is 2.09 bits per heavy atom. The van der Waals surface area contributed by atoms with Gasteiger partial charge in [0.2, 0.25) is 0 Å². The van der Waals surface area contributed by atoms with E-state index >= 15 is 0 Å². The Morgan fingerprint density at radius 1 is 1.33 bits per heavy atom. The summed E-state index contributed by atoms with van der Waals surface area (Å²) in [5.74, 6) is 0.692. The van der Waals surface area contributed by atoms with Crippen molar-refractivity contribution in [2.24, 2.45) is 16.8 Å². The number of benzene rings is 1. The van der Waals surface area contributed by atoms with Gasteiger partial charge >= 0.3 is 0 Å². The normalized spacial score (nSPS) is 23.7. The summed E-state index contributed by atoms with van der Waals surface area (Å²) in [6.45, 7) is 8.33. The smallest absolute Gasteiger partial charge is 0.177 e. The highest BCUT2D eigenvalue weighted by Gasteiger charge is 2.41. The molecular formula is C26H30Br2N2O3. The average molecular weight is 578 g/mol. The van der Waals surface area contributed by atoms with Crippen molar-refractivity contribution in [3.8, 4) is 17.6 Å². The maximum absolute atomic E-state index is 13.3. The van der Waals surface area contributed by atoms with Crippen LogP contribution in [0.1, 0.15) is 64.9 Å². The number of hydrogen-bond donors (Lipinski definition) is 0. The van der Waals surface area contributed by atoms with E-state index in [1.165, 1.54) is 0 Å². The number of Topliss-reactive ketones (excluding diaryl/α,β-unsaturated/α-hetero) is 1. The second kappa shape index (κ2) is 11.5. The molecule has 1 aliphatic carbocycles. The summed E-state index contributed by atoms with van der Waals surface area (Å²) >= 11 is 7.13. The van der Waals surface area contributed by atoms with Gasteiger partial charge in [0.1, 0.15) is 0 Å². The first kappa shape index (κ1) is 25.7. The quantitative estimate of drug-likeness (QED) is 0.241. The zero-order valence-electron chi connectivity index (χ0n) is 19.5. The van der Waals surface area contributed by atoms with Crippen molar-refractivity contribution in [2.75, 3.05) is 6.61 Å². The molecule has 0 amide bonds. The SMILES string of the molecule is CC=CC(Br)Oc1c(Br)cc(C2C3=C(CC(CCC)CC3=O)N=C(C)C2C#N)cc1OCC. The van der Waals surface area contributed by atoms with E-state index in [1.807, 2.05) is 45.1 Å². The van der Waals surface area contributed by atoms with Crippen LogP contribution < -0.4 is 9.47 Å². The number of aliphatic imine (C=N–C) groups is 1. The van der Waals surface area contributed by atoms with Gasteiger partial charge in [-0.05, 0) is 95.2 Å². The molecule has 0 N–H and O–H groups in total. The molecule has 0 spiro atoms. The summed E-state index contributed by atoms with van der Waals surface area (Å²) < 4.78 is 12.7. The molecule has 0 aromatic heterocycles. The molecular weight excluding hydrogens is 548 g/mol. The molecule has 0 saturated carbocycles. The molecule has 7 heteroatoms. The predicted molar refractivity (Wildman–Crippen MR) is 138 cm³/mol. The zero-order chi connectivity index (χ0) is 24.1. The van der Waals surface area contributed by atoms with Crippen molar-refractivity contribution in [3.05, 3.63) is 45.6 Å². The second-order valence-corrected chi connectivity index (χ2v) is 10.2. The number of alkyl halides is 1. The van der Waals surface area contributed by atoms with Gasteiger partial charge in [-0.1, -0.05) is 19.4 Å². The third kappa shape index (κ3) is 5.60. The number of hydrogen-bond acceptors (Lipinski definition) is 5. The monoisotopic (exact) mass is 576 g/mol. The van der Waals surface area contributed by atoms with E-state index in [0.717, 1.165) is 36.2 Å². The highest BCUT2D eigenvalue weighted by atomic mass is 79.9. The van der Waals surface area contributed by atoms with Crippen molar-refractivity contribution in [1.82, 2.24) is 0 Å². The minimum absolute atomic E-state index is 0.110. The minimum Gasteiger partial charge on any atom is -0.490 e. The number of halogens is 2. The Bertz CT molecular complexity index is 1040. The molecule has 2 aliphatic rings. The lowest BCUT2D eigenvalue weighted by atomic mass is 9.70. The van der Waals surface area contributed by atoms with Gasteiger partial charge in [-0.3, -0.25) is 9.79 Å². The van der Waals surface area contributed by atoms with Crippen LogP contribution in [0.15, 0.2) is 45.0 Å². The number of carbonyl (C=O) groups is 1. The summed E-state index contributed by atoms with van der Waals surface area (Å²) in [7, 11) is 0. The van der Waals surface area contributed by atoms with E-state index in [9.17, 15) is 10.1 Å². The van der Waals surface area contributed by atoms with Crippen LogP contribution in [0, 0.1) is 23.2 Å². The maximum Gasteiger partial charge on any atom is 0.177 e. The third-order valence-corrected chi connectivity index (χ3v) is 7.16. The topological polar surface area (TPSA) is 71.7 Å². The molecule has 0 saturated heterocycles.